The van der Waals surface area contributed by atoms with Crippen molar-refractivity contribution < 1.29 is 5.11 Å². The van der Waals surface area contributed by atoms with Crippen LogP contribution in [0.15, 0.2) is 124 Å². The van der Waals surface area contributed by atoms with Crippen molar-refractivity contribution in [2.75, 3.05) is 25.6 Å². The van der Waals surface area contributed by atoms with Crippen LogP contribution in [0.3, 0.4) is 0 Å². The van der Waals surface area contributed by atoms with Crippen LogP contribution >= 0.6 is 11.6 Å². The van der Waals surface area contributed by atoms with E-state index in [2.05, 4.69) is 113 Å². The Labute approximate surface area is 274 Å². The monoisotopic (exact) mass is 616 g/mol. The van der Waals surface area contributed by atoms with Gasteiger partial charge in [0.05, 0.1) is 6.61 Å². The summed E-state index contributed by atoms with van der Waals surface area (Å²) in [6, 6.07) is 21.3. The van der Waals surface area contributed by atoms with Crippen molar-refractivity contribution in [2.24, 2.45) is 10.4 Å². The number of aliphatic imine (C=N–C) groups is 1. The molecule has 0 saturated carbocycles. The molecule has 3 nitrogen and oxygen atoms in total. The molecule has 0 spiro atoms. The first-order chi connectivity index (χ1) is 21.5. The van der Waals surface area contributed by atoms with Gasteiger partial charge >= 0.3 is 0 Å². The lowest BCUT2D eigenvalue weighted by Gasteiger charge is -2.29. The first-order valence-electron chi connectivity index (χ1n) is 15.8. The number of rotatable bonds is 8. The summed E-state index contributed by atoms with van der Waals surface area (Å²) in [7, 11) is 4.00. The molecular weight excluding hydrogens is 572 g/mol. The second-order valence-corrected chi connectivity index (χ2v) is 13.4. The molecule has 0 amide bonds. The predicted octanol–water partition coefficient (Wildman–Crippen LogP) is 10.4. The smallest absolute Gasteiger partial charge is 0.0615 e. The molecule has 232 valence electrons. The summed E-state index contributed by atoms with van der Waals surface area (Å²) in [6.07, 6.45) is 15.4. The summed E-state index contributed by atoms with van der Waals surface area (Å²) in [6.45, 7) is 13.5. The lowest BCUT2D eigenvalue weighted by Crippen LogP contribution is -2.24. The molecule has 2 aliphatic rings. The van der Waals surface area contributed by atoms with Crippen LogP contribution in [0.25, 0.3) is 22.4 Å². The molecule has 0 atom stereocenters. The van der Waals surface area contributed by atoms with Gasteiger partial charge in [0, 0.05) is 47.1 Å². The van der Waals surface area contributed by atoms with Crippen molar-refractivity contribution in [2.45, 2.75) is 52.4 Å². The van der Waals surface area contributed by atoms with E-state index in [4.69, 9.17) is 16.6 Å². The second-order valence-electron chi connectivity index (χ2n) is 13.0. The molecule has 3 aromatic rings. The number of anilines is 1. The Hall–Kier alpha value is -3.92. The Kier molecular flexibility index (Phi) is 9.53. The molecule has 45 heavy (non-hydrogen) atoms. The number of halogens is 1. The van der Waals surface area contributed by atoms with Gasteiger partial charge in [-0.05, 0) is 81.7 Å². The van der Waals surface area contributed by atoms with Gasteiger partial charge in [-0.1, -0.05) is 125 Å². The zero-order valence-corrected chi connectivity index (χ0v) is 28.2. The molecule has 0 unspecified atom stereocenters. The van der Waals surface area contributed by atoms with Crippen molar-refractivity contribution in [1.82, 2.24) is 0 Å². The number of benzene rings is 3. The molecule has 1 N–H and O–H groups in total. The summed E-state index contributed by atoms with van der Waals surface area (Å²) < 4.78 is 0. The Morgan fingerprint density at radius 1 is 1.02 bits per heavy atom. The maximum Gasteiger partial charge on any atom is 0.0615 e. The average Bonchev–Trinajstić information content (AvgIpc) is 3.24. The van der Waals surface area contributed by atoms with Gasteiger partial charge in [0.25, 0.3) is 0 Å². The van der Waals surface area contributed by atoms with Crippen LogP contribution in [0, 0.1) is 5.41 Å². The largest absolute Gasteiger partial charge is 0.392 e. The molecule has 4 heteroatoms. The number of aliphatic hydroxyl groups is 1. The van der Waals surface area contributed by atoms with Crippen LogP contribution in [0.2, 0.25) is 0 Å². The van der Waals surface area contributed by atoms with Gasteiger partial charge in [0.2, 0.25) is 0 Å². The van der Waals surface area contributed by atoms with E-state index in [9.17, 15) is 5.11 Å². The molecule has 1 aliphatic heterocycles. The minimum Gasteiger partial charge on any atom is -0.392 e. The maximum atomic E-state index is 9.31. The quantitative estimate of drug-likeness (QED) is 0.256. The fourth-order valence-electron chi connectivity index (χ4n) is 6.91. The number of aliphatic hydroxyl groups excluding tert-OH is 1. The highest BCUT2D eigenvalue weighted by atomic mass is 35.5. The Morgan fingerprint density at radius 3 is 2.51 bits per heavy atom. The SMILES string of the molecule is C=C(c1ccccc1/C=C\CO)C(C)(C)C(/C=C/C1=C(Cl)C(=C/C=C2/N(C)c3ccc4ccccc4c3C2(C)C)/CCC1)=NC. The van der Waals surface area contributed by atoms with E-state index in [0.717, 1.165) is 52.3 Å². The minimum absolute atomic E-state index is 0.00266. The molecule has 0 radical (unpaired) electrons. The summed E-state index contributed by atoms with van der Waals surface area (Å²) in [5, 5.41) is 12.7. The number of likely N-dealkylation sites (N-methyl/N-ethyl adjacent to an activating group) is 1. The number of nitrogens with zero attached hydrogens (tertiary/aromatic N) is 2. The highest BCUT2D eigenvalue weighted by Crippen LogP contribution is 2.50. The molecule has 3 aromatic carbocycles. The number of hydrogen-bond donors (Lipinski definition) is 1. The van der Waals surface area contributed by atoms with Crippen molar-refractivity contribution in [3.63, 3.8) is 0 Å². The van der Waals surface area contributed by atoms with Gasteiger partial charge in [-0.3, -0.25) is 4.99 Å². The lowest BCUT2D eigenvalue weighted by molar-refractivity contribution is 0.343. The lowest BCUT2D eigenvalue weighted by atomic mass is 9.75. The average molecular weight is 617 g/mol. The fraction of sp³-hybridized carbons (Fsp3) is 0.293. The third kappa shape index (κ3) is 6.17. The number of allylic oxidation sites excluding steroid dienone is 9. The second kappa shape index (κ2) is 13.2. The Morgan fingerprint density at radius 2 is 1.76 bits per heavy atom. The van der Waals surface area contributed by atoms with Crippen LogP contribution in [0.4, 0.5) is 5.69 Å². The van der Waals surface area contributed by atoms with Crippen LogP contribution in [0.5, 0.6) is 0 Å². The molecule has 5 rings (SSSR count). The van der Waals surface area contributed by atoms with Crippen LogP contribution in [-0.4, -0.2) is 31.5 Å². The van der Waals surface area contributed by atoms with Crippen molar-refractivity contribution in [3.05, 3.63) is 136 Å². The molecule has 0 fully saturated rings. The van der Waals surface area contributed by atoms with Gasteiger partial charge in [0.1, 0.15) is 0 Å². The Bertz CT molecular complexity index is 1810. The van der Waals surface area contributed by atoms with E-state index in [1.807, 2.05) is 31.3 Å². The van der Waals surface area contributed by atoms with E-state index in [1.165, 1.54) is 33.3 Å². The third-order valence-electron chi connectivity index (χ3n) is 9.56. The van der Waals surface area contributed by atoms with Crippen molar-refractivity contribution >= 4 is 45.4 Å². The van der Waals surface area contributed by atoms with Crippen molar-refractivity contribution in [1.29, 1.82) is 0 Å². The van der Waals surface area contributed by atoms with Gasteiger partial charge in [-0.15, -0.1) is 0 Å². The van der Waals surface area contributed by atoms with Gasteiger partial charge < -0.3 is 10.0 Å². The van der Waals surface area contributed by atoms with Gasteiger partial charge in [-0.25, -0.2) is 0 Å². The number of fused-ring (bicyclic) bond motifs is 3. The Balaban J connectivity index is 1.43. The van der Waals surface area contributed by atoms with E-state index in [0.29, 0.717) is 0 Å². The molecule has 0 aromatic heterocycles. The van der Waals surface area contributed by atoms with Gasteiger partial charge in [0.15, 0.2) is 0 Å². The molecule has 1 aliphatic carbocycles. The van der Waals surface area contributed by atoms with E-state index in [1.54, 1.807) is 6.08 Å². The van der Waals surface area contributed by atoms with E-state index >= 15 is 0 Å². The normalized spacial score (nSPS) is 19.1. The van der Waals surface area contributed by atoms with Crippen LogP contribution in [-0.2, 0) is 5.41 Å². The van der Waals surface area contributed by atoms with Crippen LogP contribution < -0.4 is 4.90 Å². The minimum atomic E-state index is -0.420. The summed E-state index contributed by atoms with van der Waals surface area (Å²) in [4.78, 5) is 7.03. The maximum absolute atomic E-state index is 9.31. The topological polar surface area (TPSA) is 35.8 Å². The first-order valence-corrected chi connectivity index (χ1v) is 16.2. The fourth-order valence-corrected chi connectivity index (χ4v) is 7.23. The molecule has 0 saturated heterocycles. The zero-order chi connectivity index (χ0) is 32.4. The van der Waals surface area contributed by atoms with Gasteiger partial charge in [-0.2, -0.15) is 0 Å². The third-order valence-corrected chi connectivity index (χ3v) is 10.0. The summed E-state index contributed by atoms with van der Waals surface area (Å²) >= 11 is 7.11. The van der Waals surface area contributed by atoms with Crippen LogP contribution in [0.1, 0.15) is 63.6 Å². The predicted molar refractivity (Wildman–Crippen MR) is 196 cm³/mol. The molecular formula is C41H45ClN2O. The van der Waals surface area contributed by atoms with E-state index in [-0.39, 0.29) is 12.0 Å². The summed E-state index contributed by atoms with van der Waals surface area (Å²) in [5.74, 6) is 0. The standard InChI is InChI=1S/C41H45ClN2O/c1-28(33-19-10-8-14-29(33)18-13-27-45)40(2,3)36(43-6)25-22-31-16-12-17-32(39(31)42)23-26-37-41(4,5)38-34-20-11-9-15-30(34)21-24-35(38)44(37)7/h8-11,13-15,18-26,45H,1,12,16-17,27H2,2-7H3/b18-13-,25-22+,32-23+,37-26+,43-36?. The summed E-state index contributed by atoms with van der Waals surface area (Å²) in [5.41, 5.74) is 9.63. The molecule has 0 bridgehead atoms. The first kappa shape index (κ1) is 32.5. The van der Waals surface area contributed by atoms with E-state index < -0.39 is 5.41 Å². The molecule has 1 heterocycles. The highest BCUT2D eigenvalue weighted by molar-refractivity contribution is 6.32. The highest BCUT2D eigenvalue weighted by Gasteiger charge is 2.39. The zero-order valence-electron chi connectivity index (χ0n) is 27.5. The van der Waals surface area contributed by atoms with Crippen molar-refractivity contribution in [3.8, 4) is 0 Å². The number of hydrogen-bond acceptors (Lipinski definition) is 3.